The summed E-state index contributed by atoms with van der Waals surface area (Å²) in [6, 6.07) is 3.49. The Bertz CT molecular complexity index is 1660. The maximum atomic E-state index is 14.1. The number of aryl methyl sites for hydroxylation is 1. The number of piperidine rings is 1. The van der Waals surface area contributed by atoms with Gasteiger partial charge in [-0.3, -0.25) is 29.1 Å². The highest BCUT2D eigenvalue weighted by Gasteiger charge is 2.67. The maximum Gasteiger partial charge on any atom is 0.243 e. The van der Waals surface area contributed by atoms with Gasteiger partial charge in [0.15, 0.2) is 11.6 Å². The number of allylic oxidation sites excluding steroid dienone is 2. The third kappa shape index (κ3) is 5.30. The molecule has 3 aromatic rings. The van der Waals surface area contributed by atoms with E-state index in [4.69, 9.17) is 0 Å². The van der Waals surface area contributed by atoms with Gasteiger partial charge in [0.25, 0.3) is 0 Å². The van der Waals surface area contributed by atoms with Crippen molar-refractivity contribution >= 4 is 34.3 Å². The van der Waals surface area contributed by atoms with Gasteiger partial charge >= 0.3 is 0 Å². The third-order valence-corrected chi connectivity index (χ3v) is 9.48. The molecule has 2 amide bonds. The van der Waals surface area contributed by atoms with Gasteiger partial charge in [0, 0.05) is 66.8 Å². The molecule has 2 aliphatic heterocycles. The molecule has 3 aliphatic rings. The van der Waals surface area contributed by atoms with Crippen LogP contribution in [0.25, 0.3) is 22.2 Å². The molecule has 1 aromatic carbocycles. The molecule has 9 heteroatoms. The summed E-state index contributed by atoms with van der Waals surface area (Å²) >= 11 is 0. The van der Waals surface area contributed by atoms with Gasteiger partial charge in [-0.25, -0.2) is 0 Å². The molecule has 4 heterocycles. The molecule has 43 heavy (non-hydrogen) atoms. The minimum atomic E-state index is -0.484. The van der Waals surface area contributed by atoms with Crippen LogP contribution in [-0.4, -0.2) is 73.4 Å². The number of hydrogen-bond donors (Lipinski definition) is 0. The van der Waals surface area contributed by atoms with Gasteiger partial charge in [-0.15, -0.1) is 0 Å². The molecule has 0 spiro atoms. The lowest BCUT2D eigenvalue weighted by atomic mass is 9.95. The fourth-order valence-corrected chi connectivity index (χ4v) is 7.18. The van der Waals surface area contributed by atoms with Gasteiger partial charge in [-0.1, -0.05) is 19.1 Å². The predicted molar refractivity (Wildman–Crippen MR) is 163 cm³/mol. The Balaban J connectivity index is 1.47. The number of rotatable bonds is 4. The smallest absolute Gasteiger partial charge is 0.243 e. The lowest BCUT2D eigenvalue weighted by Gasteiger charge is -2.27. The van der Waals surface area contributed by atoms with Gasteiger partial charge in [0.1, 0.15) is 6.54 Å². The van der Waals surface area contributed by atoms with Crippen LogP contribution < -0.4 is 0 Å². The molecule has 1 saturated heterocycles. The molecule has 6 rings (SSSR count). The second-order valence-electron chi connectivity index (χ2n) is 12.5. The Hall–Kier alpha value is -4.14. The van der Waals surface area contributed by atoms with E-state index < -0.39 is 6.04 Å². The average Bonchev–Trinajstić information content (AvgIpc) is 3.38. The minimum Gasteiger partial charge on any atom is -0.345 e. The number of ketones is 2. The number of Topliss-reactive ketones (excluding diaryl/α,β-unsaturated/α-hetero) is 2. The van der Waals surface area contributed by atoms with Crippen molar-refractivity contribution in [2.45, 2.75) is 84.3 Å². The van der Waals surface area contributed by atoms with Gasteiger partial charge in [-0.05, 0) is 63.6 Å². The topological polar surface area (TPSA) is 105 Å². The molecule has 2 fully saturated rings. The first-order chi connectivity index (χ1) is 20.6. The lowest BCUT2D eigenvalue weighted by molar-refractivity contribution is -0.139. The second kappa shape index (κ2) is 11.2. The van der Waals surface area contributed by atoms with E-state index >= 15 is 0 Å². The Morgan fingerprint density at radius 2 is 1.88 bits per heavy atom. The molecule has 3 atom stereocenters. The highest BCUT2D eigenvalue weighted by molar-refractivity contribution is 6.09. The zero-order chi connectivity index (χ0) is 30.5. The molecular formula is C34H39N5O4. The quantitative estimate of drug-likeness (QED) is 0.327. The van der Waals surface area contributed by atoms with Crippen LogP contribution >= 0.6 is 0 Å². The van der Waals surface area contributed by atoms with Crippen LogP contribution in [0.15, 0.2) is 42.9 Å². The van der Waals surface area contributed by atoms with Crippen LogP contribution in [0.4, 0.5) is 0 Å². The van der Waals surface area contributed by atoms with Crippen LogP contribution in [0.2, 0.25) is 0 Å². The van der Waals surface area contributed by atoms with E-state index in [2.05, 4.69) is 28.2 Å². The molecular weight excluding hydrogens is 542 g/mol. The summed E-state index contributed by atoms with van der Waals surface area (Å²) in [6.45, 7) is 5.85. The molecule has 0 unspecified atom stereocenters. The first-order valence-electron chi connectivity index (χ1n) is 15.3. The zero-order valence-corrected chi connectivity index (χ0v) is 25.4. The summed E-state index contributed by atoms with van der Waals surface area (Å²) in [5.41, 5.74) is 4.50. The molecule has 2 aromatic heterocycles. The SMILES string of the molecule is CCC(=O)[C@@H]1C[C@@]23C[C@H]2N1C(=O)Cn1cc(C(C)=O)c2cc(-c4cnc(C)cn4)cc(c21)C/C=C/CCCC(=O)N(C)C3. The maximum absolute atomic E-state index is 14.1. The van der Waals surface area contributed by atoms with Crippen molar-refractivity contribution in [3.05, 3.63) is 59.7 Å². The molecule has 1 aliphatic carbocycles. The Morgan fingerprint density at radius 1 is 1.07 bits per heavy atom. The van der Waals surface area contributed by atoms with Crippen molar-refractivity contribution in [3.63, 3.8) is 0 Å². The van der Waals surface area contributed by atoms with Crippen molar-refractivity contribution in [1.82, 2.24) is 24.3 Å². The van der Waals surface area contributed by atoms with Crippen LogP contribution in [-0.2, 0) is 27.3 Å². The zero-order valence-electron chi connectivity index (χ0n) is 25.4. The average molecular weight is 582 g/mol. The lowest BCUT2D eigenvalue weighted by Crippen LogP contribution is -2.44. The highest BCUT2D eigenvalue weighted by Crippen LogP contribution is 2.60. The molecule has 0 radical (unpaired) electrons. The summed E-state index contributed by atoms with van der Waals surface area (Å²) in [5.74, 6) is -0.0560. The fraction of sp³-hybridized carbons (Fsp3) is 0.471. The first-order valence-corrected chi connectivity index (χ1v) is 15.3. The number of nitrogens with zero attached hydrogens (tertiary/aromatic N) is 5. The van der Waals surface area contributed by atoms with Crippen LogP contribution in [0.5, 0.6) is 0 Å². The summed E-state index contributed by atoms with van der Waals surface area (Å²) in [4.78, 5) is 65.7. The van der Waals surface area contributed by atoms with E-state index in [1.165, 1.54) is 0 Å². The molecule has 0 N–H and O–H groups in total. The summed E-state index contributed by atoms with van der Waals surface area (Å²) in [5, 5.41) is 0.775. The van der Waals surface area contributed by atoms with E-state index in [1.807, 2.05) is 31.5 Å². The van der Waals surface area contributed by atoms with Gasteiger partial charge in [0.05, 0.1) is 29.1 Å². The number of aromatic nitrogens is 3. The van der Waals surface area contributed by atoms with Crippen molar-refractivity contribution in [2.24, 2.45) is 5.41 Å². The van der Waals surface area contributed by atoms with E-state index in [0.717, 1.165) is 47.0 Å². The van der Waals surface area contributed by atoms with Crippen LogP contribution in [0, 0.1) is 12.3 Å². The highest BCUT2D eigenvalue weighted by atomic mass is 16.2. The number of carbonyl (C=O) groups is 4. The number of carbonyl (C=O) groups excluding carboxylic acids is 4. The van der Waals surface area contributed by atoms with Crippen LogP contribution in [0.3, 0.4) is 0 Å². The van der Waals surface area contributed by atoms with Crippen molar-refractivity contribution < 1.29 is 19.2 Å². The summed E-state index contributed by atoms with van der Waals surface area (Å²) in [6.07, 6.45) is 13.7. The standard InChI is InChI=1S/C34H39N5O4/c1-5-29(41)28-14-34-15-30(34)39(28)32(43)19-38-18-26(22(3)40)25-13-24(27-17-35-21(2)16-36-27)12-23(33(25)38)10-8-6-7-9-11-31(42)37(4)20-34/h6,8,12-13,16-18,28,30H,5,7,9-11,14-15,19-20H2,1-4H3/b8-6+/t28-,30+,34-/m0/s1. The van der Waals surface area contributed by atoms with Crippen molar-refractivity contribution in [2.75, 3.05) is 13.6 Å². The second-order valence-corrected chi connectivity index (χ2v) is 12.5. The first kappa shape index (κ1) is 29.0. The van der Waals surface area contributed by atoms with Crippen molar-refractivity contribution in [1.29, 1.82) is 0 Å². The Morgan fingerprint density at radius 3 is 2.60 bits per heavy atom. The van der Waals surface area contributed by atoms with E-state index in [0.29, 0.717) is 43.5 Å². The number of benzene rings is 1. The number of hydrogen-bond acceptors (Lipinski definition) is 6. The third-order valence-electron chi connectivity index (χ3n) is 9.48. The monoisotopic (exact) mass is 581 g/mol. The van der Waals surface area contributed by atoms with Crippen LogP contribution in [0.1, 0.15) is 74.0 Å². The van der Waals surface area contributed by atoms with Gasteiger partial charge < -0.3 is 14.4 Å². The number of amides is 2. The Labute approximate surface area is 252 Å². The summed E-state index contributed by atoms with van der Waals surface area (Å²) in [7, 11) is 1.84. The van der Waals surface area contributed by atoms with E-state index in [1.54, 1.807) is 35.3 Å². The normalized spacial score (nSPS) is 25.0. The molecule has 1 saturated carbocycles. The fourth-order valence-electron chi connectivity index (χ4n) is 7.18. The van der Waals surface area contributed by atoms with Crippen molar-refractivity contribution in [3.8, 4) is 11.3 Å². The largest absolute Gasteiger partial charge is 0.345 e. The minimum absolute atomic E-state index is 0.0268. The van der Waals surface area contributed by atoms with Gasteiger partial charge in [0.2, 0.25) is 11.8 Å². The molecule has 224 valence electrons. The predicted octanol–water partition coefficient (Wildman–Crippen LogP) is 4.69. The van der Waals surface area contributed by atoms with E-state index in [9.17, 15) is 19.2 Å². The molecule has 9 nitrogen and oxygen atoms in total. The van der Waals surface area contributed by atoms with E-state index in [-0.39, 0.29) is 41.4 Å². The summed E-state index contributed by atoms with van der Waals surface area (Å²) < 4.78 is 1.89. The molecule has 2 bridgehead atoms. The Kier molecular flexibility index (Phi) is 7.52. The van der Waals surface area contributed by atoms with Gasteiger partial charge in [-0.2, -0.15) is 0 Å².